The average Bonchev–Trinajstić information content (AvgIpc) is 3.23. The number of aryl methyl sites for hydroxylation is 1. The molecule has 2 atom stereocenters. The van der Waals surface area contributed by atoms with E-state index in [1.165, 1.54) is 4.88 Å². The largest absolute Gasteiger partial charge is 0.488 e. The Morgan fingerprint density at radius 1 is 1.29 bits per heavy atom. The smallest absolute Gasteiger partial charge is 0.222 e. The van der Waals surface area contributed by atoms with Gasteiger partial charge in [0.2, 0.25) is 5.91 Å². The van der Waals surface area contributed by atoms with Gasteiger partial charge in [0.15, 0.2) is 0 Å². The second-order valence-electron chi connectivity index (χ2n) is 7.17. The fourth-order valence-corrected chi connectivity index (χ4v) is 4.36. The van der Waals surface area contributed by atoms with E-state index in [9.17, 15) is 9.90 Å². The zero-order valence-electron chi connectivity index (χ0n) is 15.7. The highest BCUT2D eigenvalue weighted by Crippen LogP contribution is 2.24. The third-order valence-electron chi connectivity index (χ3n) is 5.17. The number of likely N-dealkylation sites (tertiary alicyclic amines) is 1. The monoisotopic (exact) mass is 396 g/mol. The fraction of sp³-hybridized carbons (Fsp3) is 0.364. The van der Waals surface area contributed by atoms with Crippen molar-refractivity contribution in [2.24, 2.45) is 0 Å². The number of aliphatic hydroxyl groups is 1. The molecule has 0 unspecified atom stereocenters. The Morgan fingerprint density at radius 2 is 2.21 bits per heavy atom. The van der Waals surface area contributed by atoms with Crippen LogP contribution in [-0.2, 0) is 11.2 Å². The minimum Gasteiger partial charge on any atom is -0.488 e. The maximum Gasteiger partial charge on any atom is 0.222 e. The SMILES string of the molecule is O=C(CCCc1cccs1)N1CC[C@@H](Oc2ccc3ccncc3c2)[C@H](O)C1. The molecular weight excluding hydrogens is 372 g/mol. The first-order valence-corrected chi connectivity index (χ1v) is 10.6. The van der Waals surface area contributed by atoms with Crippen molar-refractivity contribution in [3.63, 3.8) is 0 Å². The van der Waals surface area contributed by atoms with Gasteiger partial charge in [-0.1, -0.05) is 12.1 Å². The first kappa shape index (κ1) is 18.9. The number of β-amino-alcohol motifs (C(OH)–C–C–N with tert-alkyl or cyclic N) is 1. The number of thiophene rings is 1. The van der Waals surface area contributed by atoms with Gasteiger partial charge in [0, 0.05) is 42.0 Å². The van der Waals surface area contributed by atoms with Crippen LogP contribution in [0.4, 0.5) is 0 Å². The van der Waals surface area contributed by atoms with Gasteiger partial charge in [-0.3, -0.25) is 9.78 Å². The molecule has 1 amide bonds. The van der Waals surface area contributed by atoms with Crippen LogP contribution in [0.5, 0.6) is 5.75 Å². The average molecular weight is 397 g/mol. The Bertz CT molecular complexity index is 928. The molecular formula is C22H24N2O3S. The van der Waals surface area contributed by atoms with Crippen molar-refractivity contribution in [3.8, 4) is 5.75 Å². The number of ether oxygens (including phenoxy) is 1. The molecule has 0 saturated carbocycles. The Hall–Kier alpha value is -2.44. The van der Waals surface area contributed by atoms with E-state index >= 15 is 0 Å². The van der Waals surface area contributed by atoms with Gasteiger partial charge in [-0.25, -0.2) is 0 Å². The summed E-state index contributed by atoms with van der Waals surface area (Å²) < 4.78 is 6.02. The minimum absolute atomic E-state index is 0.117. The maximum atomic E-state index is 12.5. The Balaban J connectivity index is 1.28. The molecule has 1 aliphatic heterocycles. The van der Waals surface area contributed by atoms with Crippen molar-refractivity contribution < 1.29 is 14.6 Å². The summed E-state index contributed by atoms with van der Waals surface area (Å²) >= 11 is 1.73. The van der Waals surface area contributed by atoms with Gasteiger partial charge in [-0.15, -0.1) is 11.3 Å². The number of hydrogen-bond acceptors (Lipinski definition) is 5. The standard InChI is InChI=1S/C22H24N2O3S/c25-20-15-24(22(26)5-1-3-19-4-2-12-28-19)11-9-21(20)27-18-7-6-16-8-10-23-14-17(16)13-18/h2,4,6-8,10,12-14,20-21,25H,1,3,5,9,11,15H2/t20-,21-/m1/s1. The molecule has 1 saturated heterocycles. The number of pyridine rings is 1. The van der Waals surface area contributed by atoms with Crippen LogP contribution in [0.25, 0.3) is 10.8 Å². The number of amides is 1. The highest BCUT2D eigenvalue weighted by Gasteiger charge is 2.31. The van der Waals surface area contributed by atoms with Crippen molar-refractivity contribution in [2.75, 3.05) is 13.1 Å². The molecule has 0 aliphatic carbocycles. The van der Waals surface area contributed by atoms with Crippen LogP contribution in [0.3, 0.4) is 0 Å². The number of rotatable bonds is 6. The molecule has 1 aromatic carbocycles. The van der Waals surface area contributed by atoms with Crippen LogP contribution in [0.15, 0.2) is 54.2 Å². The van der Waals surface area contributed by atoms with E-state index in [1.54, 1.807) is 28.6 Å². The summed E-state index contributed by atoms with van der Waals surface area (Å²) in [5, 5.41) is 14.7. The highest BCUT2D eigenvalue weighted by molar-refractivity contribution is 7.09. The lowest BCUT2D eigenvalue weighted by Gasteiger charge is -2.36. The quantitative estimate of drug-likeness (QED) is 0.691. The van der Waals surface area contributed by atoms with Crippen molar-refractivity contribution in [1.82, 2.24) is 9.88 Å². The highest BCUT2D eigenvalue weighted by atomic mass is 32.1. The van der Waals surface area contributed by atoms with Crippen molar-refractivity contribution in [2.45, 2.75) is 37.9 Å². The van der Waals surface area contributed by atoms with E-state index in [-0.39, 0.29) is 12.0 Å². The molecule has 0 spiro atoms. The number of piperidine rings is 1. The van der Waals surface area contributed by atoms with Crippen LogP contribution in [-0.4, -0.2) is 46.2 Å². The van der Waals surface area contributed by atoms with Crippen molar-refractivity contribution >= 4 is 28.0 Å². The zero-order valence-corrected chi connectivity index (χ0v) is 16.5. The Kier molecular flexibility index (Phi) is 5.88. The molecule has 4 rings (SSSR count). The van der Waals surface area contributed by atoms with Crippen LogP contribution in [0.1, 0.15) is 24.1 Å². The van der Waals surface area contributed by atoms with Gasteiger partial charge < -0.3 is 14.7 Å². The van der Waals surface area contributed by atoms with E-state index in [4.69, 9.17) is 4.74 Å². The van der Waals surface area contributed by atoms with Crippen LogP contribution in [0.2, 0.25) is 0 Å². The van der Waals surface area contributed by atoms with E-state index in [0.29, 0.717) is 25.9 Å². The normalized spacial score (nSPS) is 19.7. The first-order chi connectivity index (χ1) is 13.7. The lowest BCUT2D eigenvalue weighted by atomic mass is 10.0. The number of aromatic nitrogens is 1. The van der Waals surface area contributed by atoms with E-state index in [1.807, 2.05) is 30.3 Å². The third kappa shape index (κ3) is 4.51. The van der Waals surface area contributed by atoms with Gasteiger partial charge in [0.05, 0.1) is 6.54 Å². The molecule has 1 N–H and O–H groups in total. The van der Waals surface area contributed by atoms with E-state index in [0.717, 1.165) is 29.4 Å². The van der Waals surface area contributed by atoms with Gasteiger partial charge >= 0.3 is 0 Å². The minimum atomic E-state index is -0.681. The summed E-state index contributed by atoms with van der Waals surface area (Å²) in [6.07, 6.45) is 5.51. The van der Waals surface area contributed by atoms with Crippen LogP contribution < -0.4 is 4.74 Å². The summed E-state index contributed by atoms with van der Waals surface area (Å²) in [6.45, 7) is 0.951. The number of carbonyl (C=O) groups is 1. The summed E-state index contributed by atoms with van der Waals surface area (Å²) in [5.74, 6) is 0.839. The van der Waals surface area contributed by atoms with Gasteiger partial charge in [0.25, 0.3) is 0 Å². The molecule has 146 valence electrons. The molecule has 28 heavy (non-hydrogen) atoms. The summed E-state index contributed by atoms with van der Waals surface area (Å²) in [5.41, 5.74) is 0. The number of nitrogens with zero attached hydrogens (tertiary/aromatic N) is 2. The van der Waals surface area contributed by atoms with Gasteiger partial charge in [-0.05, 0) is 47.9 Å². The molecule has 1 aliphatic rings. The van der Waals surface area contributed by atoms with Crippen LogP contribution in [0, 0.1) is 0 Å². The van der Waals surface area contributed by atoms with Gasteiger partial charge in [0.1, 0.15) is 18.0 Å². The van der Waals surface area contributed by atoms with Gasteiger partial charge in [-0.2, -0.15) is 0 Å². The second kappa shape index (κ2) is 8.71. The Labute approximate surface area is 168 Å². The lowest BCUT2D eigenvalue weighted by molar-refractivity contribution is -0.137. The number of benzene rings is 1. The molecule has 0 radical (unpaired) electrons. The van der Waals surface area contributed by atoms with Crippen molar-refractivity contribution in [1.29, 1.82) is 0 Å². The zero-order chi connectivity index (χ0) is 19.3. The number of hydrogen-bond donors (Lipinski definition) is 1. The topological polar surface area (TPSA) is 62.7 Å². The summed E-state index contributed by atoms with van der Waals surface area (Å²) in [7, 11) is 0. The third-order valence-corrected chi connectivity index (χ3v) is 6.10. The molecule has 3 heterocycles. The summed E-state index contributed by atoms with van der Waals surface area (Å²) in [4.78, 5) is 19.7. The molecule has 2 aromatic heterocycles. The fourth-order valence-electron chi connectivity index (χ4n) is 3.61. The predicted molar refractivity (Wildman–Crippen MR) is 111 cm³/mol. The molecule has 0 bridgehead atoms. The number of fused-ring (bicyclic) bond motifs is 1. The molecule has 5 nitrogen and oxygen atoms in total. The lowest BCUT2D eigenvalue weighted by Crippen LogP contribution is -2.51. The second-order valence-corrected chi connectivity index (χ2v) is 8.20. The first-order valence-electron chi connectivity index (χ1n) is 9.68. The predicted octanol–water partition coefficient (Wildman–Crippen LogP) is 3.66. The summed E-state index contributed by atoms with van der Waals surface area (Å²) in [6, 6.07) is 11.9. The number of carbonyl (C=O) groups excluding carboxylic acids is 1. The Morgan fingerprint density at radius 3 is 3.04 bits per heavy atom. The van der Waals surface area contributed by atoms with Crippen molar-refractivity contribution in [3.05, 3.63) is 59.0 Å². The maximum absolute atomic E-state index is 12.5. The number of aliphatic hydroxyl groups excluding tert-OH is 1. The molecule has 1 fully saturated rings. The van der Waals surface area contributed by atoms with E-state index in [2.05, 4.69) is 16.4 Å². The molecule has 3 aromatic rings. The van der Waals surface area contributed by atoms with Crippen LogP contribution >= 0.6 is 11.3 Å². The molecule has 6 heteroatoms. The van der Waals surface area contributed by atoms with E-state index < -0.39 is 6.10 Å².